The zero-order valence-electron chi connectivity index (χ0n) is 6.46. The van der Waals surface area contributed by atoms with Crippen molar-refractivity contribution in [2.75, 3.05) is 6.54 Å². The van der Waals surface area contributed by atoms with Crippen molar-refractivity contribution < 1.29 is 4.79 Å². The summed E-state index contributed by atoms with van der Waals surface area (Å²) < 4.78 is 0. The highest BCUT2D eigenvalue weighted by molar-refractivity contribution is 7.07. The standard InChI is InChI=1S/C8H11NOS/c1-2-9-8(10)5-7-3-4-11-6-7/h3-4,6H,2,5H2,1H3,(H,9,10). The van der Waals surface area contributed by atoms with Gasteiger partial charge in [-0.2, -0.15) is 11.3 Å². The van der Waals surface area contributed by atoms with Gasteiger partial charge in [0.1, 0.15) is 0 Å². The van der Waals surface area contributed by atoms with Crippen LogP contribution in [-0.4, -0.2) is 12.5 Å². The lowest BCUT2D eigenvalue weighted by Gasteiger charge is -1.98. The maximum atomic E-state index is 11.0. The van der Waals surface area contributed by atoms with E-state index < -0.39 is 0 Å². The minimum absolute atomic E-state index is 0.103. The summed E-state index contributed by atoms with van der Waals surface area (Å²) in [7, 11) is 0. The second-order valence-corrected chi connectivity index (χ2v) is 3.04. The fourth-order valence-electron chi connectivity index (χ4n) is 0.838. The fourth-order valence-corrected chi connectivity index (χ4v) is 1.51. The van der Waals surface area contributed by atoms with E-state index in [1.807, 2.05) is 23.8 Å². The first-order valence-electron chi connectivity index (χ1n) is 3.60. The summed E-state index contributed by atoms with van der Waals surface area (Å²) in [6.07, 6.45) is 0.511. The van der Waals surface area contributed by atoms with E-state index in [1.54, 1.807) is 11.3 Å². The van der Waals surface area contributed by atoms with Crippen LogP contribution < -0.4 is 5.32 Å². The first-order valence-corrected chi connectivity index (χ1v) is 4.55. The summed E-state index contributed by atoms with van der Waals surface area (Å²) >= 11 is 1.62. The van der Waals surface area contributed by atoms with Gasteiger partial charge in [-0.1, -0.05) is 0 Å². The lowest BCUT2D eigenvalue weighted by Crippen LogP contribution is -2.24. The molecule has 1 amide bonds. The van der Waals surface area contributed by atoms with Crippen LogP contribution in [-0.2, 0) is 11.2 Å². The molecule has 1 rings (SSSR count). The van der Waals surface area contributed by atoms with E-state index in [0.29, 0.717) is 13.0 Å². The maximum absolute atomic E-state index is 11.0. The van der Waals surface area contributed by atoms with E-state index in [0.717, 1.165) is 5.56 Å². The Balaban J connectivity index is 2.37. The molecule has 11 heavy (non-hydrogen) atoms. The number of amides is 1. The van der Waals surface area contributed by atoms with Crippen LogP contribution in [0.5, 0.6) is 0 Å². The van der Waals surface area contributed by atoms with Gasteiger partial charge >= 0.3 is 0 Å². The van der Waals surface area contributed by atoms with Gasteiger partial charge in [-0.15, -0.1) is 0 Å². The van der Waals surface area contributed by atoms with Gasteiger partial charge in [0, 0.05) is 6.54 Å². The molecule has 0 radical (unpaired) electrons. The Bertz CT molecular complexity index is 218. The van der Waals surface area contributed by atoms with Gasteiger partial charge in [0.05, 0.1) is 6.42 Å². The van der Waals surface area contributed by atoms with Crippen molar-refractivity contribution in [3.8, 4) is 0 Å². The molecule has 1 aromatic rings. The molecule has 1 heterocycles. The van der Waals surface area contributed by atoms with Crippen LogP contribution >= 0.6 is 11.3 Å². The van der Waals surface area contributed by atoms with Gasteiger partial charge in [0.15, 0.2) is 0 Å². The monoisotopic (exact) mass is 169 g/mol. The molecule has 0 fully saturated rings. The molecule has 0 unspecified atom stereocenters. The maximum Gasteiger partial charge on any atom is 0.224 e. The minimum atomic E-state index is 0.103. The number of hydrogen-bond donors (Lipinski definition) is 1. The summed E-state index contributed by atoms with van der Waals surface area (Å²) in [5.74, 6) is 0.103. The highest BCUT2D eigenvalue weighted by Gasteiger charge is 2.00. The van der Waals surface area contributed by atoms with E-state index >= 15 is 0 Å². The molecule has 0 aromatic carbocycles. The zero-order chi connectivity index (χ0) is 8.10. The Morgan fingerprint density at radius 3 is 3.09 bits per heavy atom. The Kier molecular flexibility index (Phi) is 3.11. The normalized spacial score (nSPS) is 9.55. The fraction of sp³-hybridized carbons (Fsp3) is 0.375. The predicted octanol–water partition coefficient (Wildman–Crippen LogP) is 1.43. The van der Waals surface area contributed by atoms with Crippen molar-refractivity contribution in [1.29, 1.82) is 0 Å². The Morgan fingerprint density at radius 1 is 1.73 bits per heavy atom. The smallest absolute Gasteiger partial charge is 0.224 e. The van der Waals surface area contributed by atoms with Crippen LogP contribution in [0.4, 0.5) is 0 Å². The zero-order valence-corrected chi connectivity index (χ0v) is 7.28. The van der Waals surface area contributed by atoms with Crippen LogP contribution in [0, 0.1) is 0 Å². The largest absolute Gasteiger partial charge is 0.356 e. The van der Waals surface area contributed by atoms with Crippen molar-refractivity contribution >= 4 is 17.2 Å². The third kappa shape index (κ3) is 2.72. The van der Waals surface area contributed by atoms with Crippen LogP contribution in [0.25, 0.3) is 0 Å². The number of carbonyl (C=O) groups excluding carboxylic acids is 1. The average molecular weight is 169 g/mol. The highest BCUT2D eigenvalue weighted by Crippen LogP contribution is 2.05. The van der Waals surface area contributed by atoms with E-state index in [9.17, 15) is 4.79 Å². The van der Waals surface area contributed by atoms with Crippen LogP contribution in [0.1, 0.15) is 12.5 Å². The molecule has 0 aliphatic heterocycles. The SMILES string of the molecule is CCNC(=O)Cc1ccsc1. The molecule has 3 heteroatoms. The summed E-state index contributed by atoms with van der Waals surface area (Å²) in [6.45, 7) is 2.63. The summed E-state index contributed by atoms with van der Waals surface area (Å²) in [5.41, 5.74) is 1.10. The molecule has 0 bridgehead atoms. The second kappa shape index (κ2) is 4.13. The highest BCUT2D eigenvalue weighted by atomic mass is 32.1. The van der Waals surface area contributed by atoms with Crippen LogP contribution in [0.3, 0.4) is 0 Å². The van der Waals surface area contributed by atoms with E-state index in [4.69, 9.17) is 0 Å². The molecule has 0 saturated carbocycles. The Hall–Kier alpha value is -0.830. The molecule has 1 N–H and O–H groups in total. The average Bonchev–Trinajstić information content (AvgIpc) is 2.40. The van der Waals surface area contributed by atoms with Gasteiger partial charge in [-0.25, -0.2) is 0 Å². The number of nitrogens with one attached hydrogen (secondary N) is 1. The molecule has 0 atom stereocenters. The molecular weight excluding hydrogens is 158 g/mol. The Morgan fingerprint density at radius 2 is 2.55 bits per heavy atom. The van der Waals surface area contributed by atoms with Crippen molar-refractivity contribution in [3.63, 3.8) is 0 Å². The van der Waals surface area contributed by atoms with Crippen molar-refractivity contribution in [2.45, 2.75) is 13.3 Å². The quantitative estimate of drug-likeness (QED) is 0.728. The first-order chi connectivity index (χ1) is 5.33. The van der Waals surface area contributed by atoms with E-state index in [1.165, 1.54) is 0 Å². The lowest BCUT2D eigenvalue weighted by molar-refractivity contribution is -0.120. The summed E-state index contributed by atoms with van der Waals surface area (Å²) in [6, 6.07) is 1.97. The predicted molar refractivity (Wildman–Crippen MR) is 46.7 cm³/mol. The molecule has 0 aliphatic rings. The van der Waals surface area contributed by atoms with Crippen molar-refractivity contribution in [2.24, 2.45) is 0 Å². The molecule has 2 nitrogen and oxygen atoms in total. The molecule has 0 aliphatic carbocycles. The second-order valence-electron chi connectivity index (χ2n) is 2.26. The third-order valence-electron chi connectivity index (χ3n) is 1.32. The van der Waals surface area contributed by atoms with E-state index in [2.05, 4.69) is 5.32 Å². The Labute approximate surface area is 70.2 Å². The van der Waals surface area contributed by atoms with Gasteiger partial charge in [0.25, 0.3) is 0 Å². The minimum Gasteiger partial charge on any atom is -0.356 e. The topological polar surface area (TPSA) is 29.1 Å². The van der Waals surface area contributed by atoms with Gasteiger partial charge < -0.3 is 5.32 Å². The number of carbonyl (C=O) groups is 1. The van der Waals surface area contributed by atoms with Crippen molar-refractivity contribution in [1.82, 2.24) is 5.32 Å². The number of likely N-dealkylation sites (N-methyl/N-ethyl adjacent to an activating group) is 1. The lowest BCUT2D eigenvalue weighted by atomic mass is 10.2. The third-order valence-corrected chi connectivity index (χ3v) is 2.05. The molecule has 0 saturated heterocycles. The van der Waals surface area contributed by atoms with Crippen molar-refractivity contribution in [3.05, 3.63) is 22.4 Å². The number of hydrogen-bond acceptors (Lipinski definition) is 2. The summed E-state index contributed by atoms with van der Waals surface area (Å²) in [4.78, 5) is 11.0. The molecule has 60 valence electrons. The van der Waals surface area contributed by atoms with E-state index in [-0.39, 0.29) is 5.91 Å². The van der Waals surface area contributed by atoms with Crippen LogP contribution in [0.2, 0.25) is 0 Å². The van der Waals surface area contributed by atoms with Gasteiger partial charge in [-0.05, 0) is 29.3 Å². The summed E-state index contributed by atoms with van der Waals surface area (Å²) in [5, 5.41) is 6.73. The molecular formula is C8H11NOS. The number of rotatable bonds is 3. The van der Waals surface area contributed by atoms with Gasteiger partial charge in [-0.3, -0.25) is 4.79 Å². The van der Waals surface area contributed by atoms with Gasteiger partial charge in [0.2, 0.25) is 5.91 Å². The number of thiophene rings is 1. The first kappa shape index (κ1) is 8.27. The molecule has 1 aromatic heterocycles. The van der Waals surface area contributed by atoms with Crippen LogP contribution in [0.15, 0.2) is 16.8 Å². The molecule has 0 spiro atoms.